The molecule has 1 aromatic rings. The third-order valence-corrected chi connectivity index (χ3v) is 7.60. The molecule has 168 valence electrons. The lowest BCUT2D eigenvalue weighted by atomic mass is 9.70. The van der Waals surface area contributed by atoms with Crippen molar-refractivity contribution in [1.29, 1.82) is 0 Å². The minimum absolute atomic E-state index is 0.190. The van der Waals surface area contributed by atoms with Gasteiger partial charge in [0, 0.05) is 32.5 Å². The number of aryl methyl sites for hydroxylation is 1. The van der Waals surface area contributed by atoms with Gasteiger partial charge in [-0.1, -0.05) is 13.8 Å². The van der Waals surface area contributed by atoms with Crippen LogP contribution in [-0.2, 0) is 23.9 Å². The highest BCUT2D eigenvalue weighted by Crippen LogP contribution is 2.46. The molecule has 0 saturated carbocycles. The molecule has 0 spiro atoms. The SMILES string of the molecule is CCSCCOC(=O)C1=C(C)NC2=C(C(=O)[C@H](C(=O)OC)[C@@H](C)C2)[C@H]1c1ccc(C)s1. The van der Waals surface area contributed by atoms with Crippen molar-refractivity contribution < 1.29 is 23.9 Å². The van der Waals surface area contributed by atoms with Crippen LogP contribution in [0.15, 0.2) is 34.7 Å². The number of nitrogens with one attached hydrogen (secondary N) is 1. The predicted octanol–water partition coefficient (Wildman–Crippen LogP) is 3.97. The molecule has 3 rings (SSSR count). The van der Waals surface area contributed by atoms with Crippen molar-refractivity contribution in [3.05, 3.63) is 44.4 Å². The average molecular weight is 464 g/mol. The van der Waals surface area contributed by atoms with E-state index in [4.69, 9.17) is 9.47 Å². The van der Waals surface area contributed by atoms with Gasteiger partial charge >= 0.3 is 11.9 Å². The Balaban J connectivity index is 2.03. The fraction of sp³-hybridized carbons (Fsp3) is 0.522. The molecule has 0 aromatic carbocycles. The fourth-order valence-electron chi connectivity index (χ4n) is 4.26. The first-order valence-corrected chi connectivity index (χ1v) is 12.4. The zero-order valence-electron chi connectivity index (χ0n) is 18.6. The van der Waals surface area contributed by atoms with Gasteiger partial charge in [0.05, 0.1) is 18.6 Å². The Bertz CT molecular complexity index is 946. The number of rotatable bonds is 7. The van der Waals surface area contributed by atoms with E-state index in [1.165, 1.54) is 7.11 Å². The summed E-state index contributed by atoms with van der Waals surface area (Å²) in [6.07, 6.45) is 0.536. The highest BCUT2D eigenvalue weighted by Gasteiger charge is 2.47. The van der Waals surface area contributed by atoms with Gasteiger partial charge in [0.25, 0.3) is 0 Å². The van der Waals surface area contributed by atoms with E-state index in [-0.39, 0.29) is 11.7 Å². The van der Waals surface area contributed by atoms with Crippen LogP contribution in [0.4, 0.5) is 0 Å². The number of ketones is 1. The van der Waals surface area contributed by atoms with Gasteiger partial charge in [0.15, 0.2) is 5.78 Å². The van der Waals surface area contributed by atoms with Gasteiger partial charge in [-0.05, 0) is 44.1 Å². The summed E-state index contributed by atoms with van der Waals surface area (Å²) < 4.78 is 10.5. The second kappa shape index (κ2) is 10.0. The predicted molar refractivity (Wildman–Crippen MR) is 123 cm³/mol. The molecule has 1 aliphatic carbocycles. The molecule has 0 amide bonds. The lowest BCUT2D eigenvalue weighted by Crippen LogP contribution is -2.43. The zero-order valence-corrected chi connectivity index (χ0v) is 20.2. The molecular formula is C23H29NO5S2. The number of hydrogen-bond donors (Lipinski definition) is 1. The molecule has 1 aliphatic heterocycles. The summed E-state index contributed by atoms with van der Waals surface area (Å²) in [5, 5.41) is 3.28. The minimum atomic E-state index is -0.870. The Kier molecular flexibility index (Phi) is 7.64. The molecule has 3 atom stereocenters. The molecule has 2 aliphatic rings. The van der Waals surface area contributed by atoms with Gasteiger partial charge in [0.1, 0.15) is 12.5 Å². The van der Waals surface area contributed by atoms with Gasteiger partial charge in [-0.3, -0.25) is 9.59 Å². The van der Waals surface area contributed by atoms with Crippen LogP contribution in [0.25, 0.3) is 0 Å². The molecule has 8 heteroatoms. The quantitative estimate of drug-likeness (QED) is 0.372. The minimum Gasteiger partial charge on any atom is -0.468 e. The molecular weight excluding hydrogens is 434 g/mol. The normalized spacial score (nSPS) is 23.4. The number of dihydropyridines is 1. The number of carbonyl (C=O) groups excluding carboxylic acids is 3. The third-order valence-electron chi connectivity index (χ3n) is 5.67. The van der Waals surface area contributed by atoms with Gasteiger partial charge < -0.3 is 14.8 Å². The molecule has 0 saturated heterocycles. The van der Waals surface area contributed by atoms with Gasteiger partial charge in [0.2, 0.25) is 0 Å². The average Bonchev–Trinajstić information content (AvgIpc) is 3.15. The first kappa shape index (κ1) is 23.6. The van der Waals surface area contributed by atoms with Crippen molar-refractivity contribution in [2.75, 3.05) is 25.2 Å². The first-order valence-electron chi connectivity index (χ1n) is 10.4. The highest BCUT2D eigenvalue weighted by atomic mass is 32.2. The lowest BCUT2D eigenvalue weighted by molar-refractivity contribution is -0.151. The summed E-state index contributed by atoms with van der Waals surface area (Å²) in [4.78, 5) is 41.1. The number of Topliss-reactive ketones (excluding diaryl/α,β-unsaturated/α-hetero) is 1. The summed E-state index contributed by atoms with van der Waals surface area (Å²) in [7, 11) is 1.30. The Labute approximate surface area is 191 Å². The zero-order chi connectivity index (χ0) is 22.7. The van der Waals surface area contributed by atoms with Crippen LogP contribution in [0.5, 0.6) is 0 Å². The first-order chi connectivity index (χ1) is 14.8. The van der Waals surface area contributed by atoms with E-state index in [9.17, 15) is 14.4 Å². The van der Waals surface area contributed by atoms with E-state index in [2.05, 4.69) is 12.2 Å². The van der Waals surface area contributed by atoms with Crippen LogP contribution in [0.3, 0.4) is 0 Å². The van der Waals surface area contributed by atoms with Gasteiger partial charge in [-0.25, -0.2) is 4.79 Å². The van der Waals surface area contributed by atoms with E-state index in [1.807, 2.05) is 32.9 Å². The number of hydrogen-bond acceptors (Lipinski definition) is 8. The number of thioether (sulfide) groups is 1. The van der Waals surface area contributed by atoms with E-state index >= 15 is 0 Å². The van der Waals surface area contributed by atoms with Crippen molar-refractivity contribution in [3.8, 4) is 0 Å². The highest BCUT2D eigenvalue weighted by molar-refractivity contribution is 7.99. The van der Waals surface area contributed by atoms with Gasteiger partial charge in [-0.15, -0.1) is 11.3 Å². The Morgan fingerprint density at radius 2 is 2.03 bits per heavy atom. The van der Waals surface area contributed by atoms with Crippen LogP contribution >= 0.6 is 23.1 Å². The van der Waals surface area contributed by atoms with Crippen molar-refractivity contribution in [1.82, 2.24) is 5.32 Å². The van der Waals surface area contributed by atoms with Crippen molar-refractivity contribution in [2.24, 2.45) is 11.8 Å². The number of allylic oxidation sites excluding steroid dienone is 3. The Morgan fingerprint density at radius 1 is 1.29 bits per heavy atom. The van der Waals surface area contributed by atoms with Crippen LogP contribution in [0.1, 0.15) is 42.9 Å². The second-order valence-corrected chi connectivity index (χ2v) is 10.5. The number of esters is 2. The van der Waals surface area contributed by atoms with Crippen molar-refractivity contribution >= 4 is 40.8 Å². The molecule has 31 heavy (non-hydrogen) atoms. The smallest absolute Gasteiger partial charge is 0.336 e. The Morgan fingerprint density at radius 3 is 2.65 bits per heavy atom. The van der Waals surface area contributed by atoms with Crippen LogP contribution < -0.4 is 5.32 Å². The Hall–Kier alpha value is -2.06. The van der Waals surface area contributed by atoms with E-state index in [1.54, 1.807) is 23.1 Å². The standard InChI is InChI=1S/C23H29NO5S2/c1-6-30-10-9-29-23(27)18-14(4)24-15-11-12(2)17(22(26)28-5)21(25)19(15)20(18)16-8-7-13(3)31-16/h7-8,12,17,20,24H,6,9-11H2,1-5H3/t12-,17+,20-/m0/s1. The molecule has 0 fully saturated rings. The summed E-state index contributed by atoms with van der Waals surface area (Å²) in [6.45, 7) is 8.08. The van der Waals surface area contributed by atoms with Crippen LogP contribution in [0.2, 0.25) is 0 Å². The molecule has 0 bridgehead atoms. The van der Waals surface area contributed by atoms with E-state index in [0.717, 1.165) is 27.0 Å². The number of methoxy groups -OCH3 is 1. The molecule has 1 aromatic heterocycles. The molecule has 1 N–H and O–H groups in total. The summed E-state index contributed by atoms with van der Waals surface area (Å²) in [5.41, 5.74) is 2.40. The van der Waals surface area contributed by atoms with Crippen LogP contribution in [0, 0.1) is 18.8 Å². The maximum atomic E-state index is 13.6. The molecule has 0 unspecified atom stereocenters. The van der Waals surface area contributed by atoms with Crippen molar-refractivity contribution in [3.63, 3.8) is 0 Å². The maximum Gasteiger partial charge on any atom is 0.336 e. The van der Waals surface area contributed by atoms with E-state index < -0.39 is 23.8 Å². The summed E-state index contributed by atoms with van der Waals surface area (Å²) in [6, 6.07) is 3.93. The topological polar surface area (TPSA) is 81.7 Å². The van der Waals surface area contributed by atoms with Crippen LogP contribution in [-0.4, -0.2) is 42.9 Å². The van der Waals surface area contributed by atoms with Crippen molar-refractivity contribution in [2.45, 2.75) is 40.0 Å². The fourth-order valence-corrected chi connectivity index (χ4v) is 5.75. The molecule has 2 heterocycles. The molecule has 0 radical (unpaired) electrons. The largest absolute Gasteiger partial charge is 0.468 e. The summed E-state index contributed by atoms with van der Waals surface area (Å²) in [5.74, 6) is -1.16. The van der Waals surface area contributed by atoms with Gasteiger partial charge in [-0.2, -0.15) is 11.8 Å². The lowest BCUT2D eigenvalue weighted by Gasteiger charge is -2.37. The number of carbonyl (C=O) groups is 3. The third kappa shape index (κ3) is 4.75. The number of ether oxygens (including phenoxy) is 2. The summed E-state index contributed by atoms with van der Waals surface area (Å²) >= 11 is 3.25. The maximum absolute atomic E-state index is 13.6. The second-order valence-electron chi connectivity index (χ2n) is 7.82. The monoisotopic (exact) mass is 463 g/mol. The van der Waals surface area contributed by atoms with E-state index in [0.29, 0.717) is 29.9 Å². The number of thiophene rings is 1. The molecule has 6 nitrogen and oxygen atoms in total.